The van der Waals surface area contributed by atoms with Gasteiger partial charge in [0.25, 0.3) is 5.56 Å². The van der Waals surface area contributed by atoms with Gasteiger partial charge in [0.05, 0.1) is 22.9 Å². The van der Waals surface area contributed by atoms with E-state index in [2.05, 4.69) is 14.7 Å². The van der Waals surface area contributed by atoms with Gasteiger partial charge in [0.2, 0.25) is 10.0 Å². The molecule has 0 amide bonds. The van der Waals surface area contributed by atoms with Crippen LogP contribution in [0.15, 0.2) is 65.5 Å². The first-order valence-electron chi connectivity index (χ1n) is 9.88. The summed E-state index contributed by atoms with van der Waals surface area (Å²) < 4.78 is 71.9. The summed E-state index contributed by atoms with van der Waals surface area (Å²) in [5, 5.41) is 0. The molecule has 1 heterocycles. The summed E-state index contributed by atoms with van der Waals surface area (Å²) in [6, 6.07) is 13.9. The van der Waals surface area contributed by atoms with E-state index in [0.717, 1.165) is 12.3 Å². The molecule has 0 unspecified atom stereocenters. The first-order valence-corrected chi connectivity index (χ1v) is 11.8. The largest absolute Gasteiger partial charge is 0.456 e. The molecule has 0 bridgehead atoms. The van der Waals surface area contributed by atoms with Crippen molar-refractivity contribution in [2.75, 3.05) is 11.0 Å². The van der Waals surface area contributed by atoms with Crippen LogP contribution in [0.5, 0.6) is 11.5 Å². The first kappa shape index (κ1) is 23.3. The number of alkyl halides is 3. The van der Waals surface area contributed by atoms with Gasteiger partial charge in [-0.2, -0.15) is 13.2 Å². The first-order chi connectivity index (χ1) is 15.9. The lowest BCUT2D eigenvalue weighted by Crippen LogP contribution is -2.11. The normalized spacial score (nSPS) is 12.0. The molecule has 0 aliphatic carbocycles. The summed E-state index contributed by atoms with van der Waals surface area (Å²) in [4.78, 5) is 18.8. The van der Waals surface area contributed by atoms with Gasteiger partial charge in [-0.25, -0.2) is 13.4 Å². The highest BCUT2D eigenvalue weighted by Crippen LogP contribution is 2.41. The minimum absolute atomic E-state index is 0.0660. The molecule has 7 nitrogen and oxygen atoms in total. The molecular formula is C23H18F3N3O4S. The molecule has 0 spiro atoms. The summed E-state index contributed by atoms with van der Waals surface area (Å²) in [5.41, 5.74) is 0.862. The van der Waals surface area contributed by atoms with Crippen LogP contribution in [0.4, 0.5) is 18.9 Å². The third-order valence-electron chi connectivity index (χ3n) is 4.87. The Balaban J connectivity index is 1.88. The van der Waals surface area contributed by atoms with Crippen LogP contribution in [0, 0.1) is 6.92 Å². The Morgan fingerprint density at radius 3 is 2.44 bits per heavy atom. The molecule has 0 atom stereocenters. The lowest BCUT2D eigenvalue weighted by atomic mass is 10.0. The maximum absolute atomic E-state index is 13.5. The van der Waals surface area contributed by atoms with Crippen molar-refractivity contribution < 1.29 is 26.3 Å². The lowest BCUT2D eigenvalue weighted by Gasteiger charge is -2.17. The molecule has 0 saturated heterocycles. The molecule has 11 heteroatoms. The predicted octanol–water partition coefficient (Wildman–Crippen LogP) is 5.08. The highest BCUT2D eigenvalue weighted by atomic mass is 32.2. The van der Waals surface area contributed by atoms with Crippen LogP contribution in [0.2, 0.25) is 0 Å². The second-order valence-corrected chi connectivity index (χ2v) is 9.31. The molecule has 1 aromatic heterocycles. The lowest BCUT2D eigenvalue weighted by molar-refractivity contribution is -0.138. The number of aromatic nitrogens is 2. The average Bonchev–Trinajstić information content (AvgIpc) is 2.74. The summed E-state index contributed by atoms with van der Waals surface area (Å²) in [7, 11) is -3.61. The summed E-state index contributed by atoms with van der Waals surface area (Å²) in [6.07, 6.45) is -3.65. The van der Waals surface area contributed by atoms with E-state index in [4.69, 9.17) is 4.74 Å². The number of hydrogen-bond donors (Lipinski definition) is 2. The van der Waals surface area contributed by atoms with Crippen molar-refractivity contribution in [3.8, 4) is 22.6 Å². The third kappa shape index (κ3) is 5.04. The molecular weight excluding hydrogens is 471 g/mol. The molecule has 176 valence electrons. The fourth-order valence-electron chi connectivity index (χ4n) is 3.37. The minimum Gasteiger partial charge on any atom is -0.456 e. The van der Waals surface area contributed by atoms with E-state index < -0.39 is 27.5 Å². The number of halogens is 3. The van der Waals surface area contributed by atoms with E-state index in [-0.39, 0.29) is 22.7 Å². The van der Waals surface area contributed by atoms with Crippen molar-refractivity contribution in [1.29, 1.82) is 0 Å². The van der Waals surface area contributed by atoms with E-state index >= 15 is 0 Å². The predicted molar refractivity (Wildman–Crippen MR) is 123 cm³/mol. The molecule has 0 fully saturated rings. The van der Waals surface area contributed by atoms with Crippen LogP contribution in [0.1, 0.15) is 11.3 Å². The second-order valence-electron chi connectivity index (χ2n) is 7.56. The number of benzene rings is 3. The Hall–Kier alpha value is -3.86. The molecule has 4 rings (SSSR count). The van der Waals surface area contributed by atoms with E-state index in [1.807, 2.05) is 0 Å². The number of sulfonamides is 1. The second kappa shape index (κ2) is 8.49. The van der Waals surface area contributed by atoms with Crippen LogP contribution in [-0.2, 0) is 16.2 Å². The van der Waals surface area contributed by atoms with Crippen molar-refractivity contribution in [3.05, 3.63) is 82.3 Å². The number of H-pyrrole nitrogens is 1. The molecule has 4 aromatic rings. The quantitative estimate of drug-likeness (QED) is 0.407. The molecule has 3 aromatic carbocycles. The van der Waals surface area contributed by atoms with Gasteiger partial charge >= 0.3 is 6.18 Å². The number of nitrogens with zero attached hydrogens (tertiary/aromatic N) is 1. The van der Waals surface area contributed by atoms with Crippen LogP contribution >= 0.6 is 0 Å². The summed E-state index contributed by atoms with van der Waals surface area (Å²) >= 11 is 0. The zero-order chi connectivity index (χ0) is 24.7. The summed E-state index contributed by atoms with van der Waals surface area (Å²) in [5.74, 6) is -0.338. The Kier molecular flexibility index (Phi) is 5.82. The standard InChI is InChI=1S/C23H18F3N3O4S/c1-13-22(30)28-18-9-7-14(11-19(18)27-13)16-12-15(29-34(2,31)32)8-10-20(16)33-21-6-4-3-5-17(21)23(24,25)26/h3-12,29H,1-2H3,(H,28,30). The smallest absolute Gasteiger partial charge is 0.419 e. The maximum atomic E-state index is 13.5. The van der Waals surface area contributed by atoms with Gasteiger partial charge in [0, 0.05) is 11.3 Å². The zero-order valence-electron chi connectivity index (χ0n) is 17.9. The van der Waals surface area contributed by atoms with Gasteiger partial charge < -0.3 is 9.72 Å². The Morgan fingerprint density at radius 1 is 1.00 bits per heavy atom. The Bertz CT molecular complexity index is 1560. The van der Waals surface area contributed by atoms with Gasteiger partial charge in [-0.3, -0.25) is 9.52 Å². The number of hydrogen-bond acceptors (Lipinski definition) is 5. The molecule has 0 radical (unpaired) electrons. The Morgan fingerprint density at radius 2 is 1.74 bits per heavy atom. The number of aryl methyl sites for hydroxylation is 1. The molecule has 0 aliphatic rings. The van der Waals surface area contributed by atoms with Crippen LogP contribution in [0.3, 0.4) is 0 Å². The van der Waals surface area contributed by atoms with Crippen molar-refractivity contribution in [1.82, 2.24) is 9.97 Å². The van der Waals surface area contributed by atoms with Crippen molar-refractivity contribution >= 4 is 26.7 Å². The fourth-order valence-corrected chi connectivity index (χ4v) is 3.93. The number of ether oxygens (including phenoxy) is 1. The number of anilines is 1. The van der Waals surface area contributed by atoms with Crippen LogP contribution in [0.25, 0.3) is 22.2 Å². The monoisotopic (exact) mass is 489 g/mol. The molecule has 34 heavy (non-hydrogen) atoms. The van der Waals surface area contributed by atoms with Gasteiger partial charge in [-0.15, -0.1) is 0 Å². The van der Waals surface area contributed by atoms with Gasteiger partial charge in [-0.1, -0.05) is 18.2 Å². The number of para-hydroxylation sites is 1. The van der Waals surface area contributed by atoms with Crippen molar-refractivity contribution in [2.24, 2.45) is 0 Å². The van der Waals surface area contributed by atoms with E-state index in [1.54, 1.807) is 25.1 Å². The van der Waals surface area contributed by atoms with Gasteiger partial charge in [0.1, 0.15) is 17.2 Å². The highest BCUT2D eigenvalue weighted by molar-refractivity contribution is 7.92. The van der Waals surface area contributed by atoms with Crippen molar-refractivity contribution in [3.63, 3.8) is 0 Å². The molecule has 0 aliphatic heterocycles. The van der Waals surface area contributed by atoms with E-state index in [1.165, 1.54) is 36.4 Å². The highest BCUT2D eigenvalue weighted by Gasteiger charge is 2.34. The molecule has 2 N–H and O–H groups in total. The van der Waals surface area contributed by atoms with Gasteiger partial charge in [-0.05, 0) is 55.0 Å². The topological polar surface area (TPSA) is 101 Å². The van der Waals surface area contributed by atoms with Gasteiger partial charge in [0.15, 0.2) is 0 Å². The number of rotatable bonds is 5. The zero-order valence-corrected chi connectivity index (χ0v) is 18.7. The fraction of sp³-hybridized carbons (Fsp3) is 0.130. The van der Waals surface area contributed by atoms with Crippen LogP contribution < -0.4 is 15.0 Å². The number of fused-ring (bicyclic) bond motifs is 1. The Labute approximate surface area is 192 Å². The molecule has 0 saturated carbocycles. The van der Waals surface area contributed by atoms with E-state index in [9.17, 15) is 26.4 Å². The van der Waals surface area contributed by atoms with Crippen molar-refractivity contribution in [2.45, 2.75) is 13.1 Å². The average molecular weight is 489 g/mol. The van der Waals surface area contributed by atoms with E-state index in [0.29, 0.717) is 22.2 Å². The van der Waals surface area contributed by atoms with Crippen LogP contribution in [-0.4, -0.2) is 24.6 Å². The SMILES string of the molecule is Cc1nc2cc(-c3cc(NS(C)(=O)=O)ccc3Oc3ccccc3C(F)(F)F)ccc2[nH]c1=O. The minimum atomic E-state index is -4.63. The number of nitrogens with one attached hydrogen (secondary N) is 2. The maximum Gasteiger partial charge on any atom is 0.419 e. The number of aromatic amines is 1. The third-order valence-corrected chi connectivity index (χ3v) is 5.48. The summed E-state index contributed by atoms with van der Waals surface area (Å²) in [6.45, 7) is 1.55.